The SMILES string of the molecule is CCC(C)SCC(=O)c1ccc2ncccc2c1. The van der Waals surface area contributed by atoms with Crippen LogP contribution in [0.1, 0.15) is 30.6 Å². The second kappa shape index (κ2) is 6.01. The molecular formula is C15H17NOS. The number of fused-ring (bicyclic) bond motifs is 1. The van der Waals surface area contributed by atoms with E-state index in [9.17, 15) is 4.79 Å². The van der Waals surface area contributed by atoms with E-state index in [-0.39, 0.29) is 5.78 Å². The third kappa shape index (κ3) is 3.10. The molecule has 2 rings (SSSR count). The fraction of sp³-hybridized carbons (Fsp3) is 0.333. The molecule has 1 unspecified atom stereocenters. The molecule has 1 aromatic carbocycles. The summed E-state index contributed by atoms with van der Waals surface area (Å²) in [6, 6.07) is 9.60. The van der Waals surface area contributed by atoms with Crippen LogP contribution in [0.25, 0.3) is 10.9 Å². The normalized spacial score (nSPS) is 12.6. The highest BCUT2D eigenvalue weighted by Crippen LogP contribution is 2.18. The zero-order valence-corrected chi connectivity index (χ0v) is 11.5. The average molecular weight is 259 g/mol. The number of thioether (sulfide) groups is 1. The molecule has 0 N–H and O–H groups in total. The first kappa shape index (κ1) is 13.1. The first-order valence-electron chi connectivity index (χ1n) is 6.20. The number of ketones is 1. The van der Waals surface area contributed by atoms with Gasteiger partial charge in [0, 0.05) is 22.4 Å². The molecule has 0 aliphatic carbocycles. The predicted octanol–water partition coefficient (Wildman–Crippen LogP) is 3.95. The second-order valence-corrected chi connectivity index (χ2v) is 5.79. The van der Waals surface area contributed by atoms with Gasteiger partial charge in [-0.05, 0) is 30.7 Å². The summed E-state index contributed by atoms with van der Waals surface area (Å²) in [5, 5.41) is 1.56. The minimum Gasteiger partial charge on any atom is -0.293 e. The number of hydrogen-bond acceptors (Lipinski definition) is 3. The lowest BCUT2D eigenvalue weighted by atomic mass is 10.1. The molecule has 0 radical (unpaired) electrons. The molecular weight excluding hydrogens is 242 g/mol. The Kier molecular flexibility index (Phi) is 4.37. The van der Waals surface area contributed by atoms with Crippen LogP contribution in [0.15, 0.2) is 36.5 Å². The van der Waals surface area contributed by atoms with Crippen LogP contribution in [0.4, 0.5) is 0 Å². The van der Waals surface area contributed by atoms with Gasteiger partial charge in [-0.25, -0.2) is 0 Å². The molecule has 0 saturated heterocycles. The van der Waals surface area contributed by atoms with Crippen molar-refractivity contribution in [2.75, 3.05) is 5.75 Å². The molecule has 0 aliphatic rings. The highest BCUT2D eigenvalue weighted by atomic mass is 32.2. The molecule has 0 amide bonds. The minimum absolute atomic E-state index is 0.200. The van der Waals surface area contributed by atoms with Crippen LogP contribution in [0.3, 0.4) is 0 Å². The number of carbonyl (C=O) groups is 1. The molecule has 0 spiro atoms. The van der Waals surface area contributed by atoms with E-state index in [0.717, 1.165) is 22.9 Å². The molecule has 1 atom stereocenters. The van der Waals surface area contributed by atoms with Crippen LogP contribution >= 0.6 is 11.8 Å². The lowest BCUT2D eigenvalue weighted by molar-refractivity contribution is 0.102. The van der Waals surface area contributed by atoms with E-state index in [1.54, 1.807) is 18.0 Å². The first-order chi connectivity index (χ1) is 8.70. The zero-order chi connectivity index (χ0) is 13.0. The number of pyridine rings is 1. The lowest BCUT2D eigenvalue weighted by Crippen LogP contribution is -2.06. The average Bonchev–Trinajstić information content (AvgIpc) is 2.43. The van der Waals surface area contributed by atoms with Crippen LogP contribution < -0.4 is 0 Å². The maximum atomic E-state index is 12.1. The van der Waals surface area contributed by atoms with Crippen LogP contribution in [0.5, 0.6) is 0 Å². The molecule has 0 saturated carbocycles. The Bertz CT molecular complexity index is 553. The number of nitrogens with zero attached hydrogens (tertiary/aromatic N) is 1. The Labute approximate surface area is 112 Å². The molecule has 1 aromatic heterocycles. The van der Waals surface area contributed by atoms with E-state index in [1.165, 1.54) is 0 Å². The van der Waals surface area contributed by atoms with Crippen LogP contribution in [-0.4, -0.2) is 21.8 Å². The van der Waals surface area contributed by atoms with Crippen molar-refractivity contribution >= 4 is 28.4 Å². The molecule has 0 fully saturated rings. The highest BCUT2D eigenvalue weighted by Gasteiger charge is 2.09. The Hall–Kier alpha value is -1.35. The zero-order valence-electron chi connectivity index (χ0n) is 10.7. The van der Waals surface area contributed by atoms with Crippen LogP contribution in [0.2, 0.25) is 0 Å². The van der Waals surface area contributed by atoms with Gasteiger partial charge in [0.25, 0.3) is 0 Å². The van der Waals surface area contributed by atoms with Crippen LogP contribution in [0, 0.1) is 0 Å². The first-order valence-corrected chi connectivity index (χ1v) is 7.25. The van der Waals surface area contributed by atoms with Crippen molar-refractivity contribution < 1.29 is 4.79 Å². The van der Waals surface area contributed by atoms with Crippen molar-refractivity contribution in [1.82, 2.24) is 4.98 Å². The van der Waals surface area contributed by atoms with Gasteiger partial charge in [-0.15, -0.1) is 0 Å². The van der Waals surface area contributed by atoms with Gasteiger partial charge in [-0.3, -0.25) is 9.78 Å². The van der Waals surface area contributed by atoms with Crippen molar-refractivity contribution in [3.8, 4) is 0 Å². The monoisotopic (exact) mass is 259 g/mol. The molecule has 2 aromatic rings. The summed E-state index contributed by atoms with van der Waals surface area (Å²) in [6.07, 6.45) is 2.86. The van der Waals surface area contributed by atoms with E-state index in [2.05, 4.69) is 18.8 Å². The largest absolute Gasteiger partial charge is 0.293 e. The second-order valence-electron chi connectivity index (χ2n) is 4.36. The number of hydrogen-bond donors (Lipinski definition) is 0. The fourth-order valence-corrected chi connectivity index (χ4v) is 2.51. The third-order valence-electron chi connectivity index (χ3n) is 3.00. The smallest absolute Gasteiger partial charge is 0.172 e. The quantitative estimate of drug-likeness (QED) is 0.762. The standard InChI is InChI=1S/C15H17NOS/c1-3-11(2)18-10-15(17)13-6-7-14-12(9-13)5-4-8-16-14/h4-9,11H,3,10H2,1-2H3. The lowest BCUT2D eigenvalue weighted by Gasteiger charge is -2.07. The Balaban J connectivity index is 2.13. The topological polar surface area (TPSA) is 30.0 Å². The van der Waals surface area contributed by atoms with E-state index >= 15 is 0 Å². The third-order valence-corrected chi connectivity index (χ3v) is 4.33. The van der Waals surface area contributed by atoms with Crippen molar-refractivity contribution in [1.29, 1.82) is 0 Å². The highest BCUT2D eigenvalue weighted by molar-refractivity contribution is 8.00. The summed E-state index contributed by atoms with van der Waals surface area (Å²) in [5.41, 5.74) is 1.72. The number of rotatable bonds is 5. The number of Topliss-reactive ketones (excluding diaryl/α,β-unsaturated/α-hetero) is 1. The summed E-state index contributed by atoms with van der Waals surface area (Å²) in [6.45, 7) is 4.30. The molecule has 94 valence electrons. The van der Waals surface area contributed by atoms with Gasteiger partial charge in [-0.1, -0.05) is 19.9 Å². The van der Waals surface area contributed by atoms with Gasteiger partial charge >= 0.3 is 0 Å². The summed E-state index contributed by atoms with van der Waals surface area (Å²) in [5.74, 6) is 0.756. The van der Waals surface area contributed by atoms with Crippen molar-refractivity contribution in [3.63, 3.8) is 0 Å². The molecule has 2 nitrogen and oxygen atoms in total. The molecule has 3 heteroatoms. The predicted molar refractivity (Wildman–Crippen MR) is 78.3 cm³/mol. The Morgan fingerprint density at radius 2 is 2.22 bits per heavy atom. The summed E-state index contributed by atoms with van der Waals surface area (Å²) in [4.78, 5) is 16.3. The molecule has 0 aliphatic heterocycles. The molecule has 0 bridgehead atoms. The number of benzene rings is 1. The van der Waals surface area contributed by atoms with Gasteiger partial charge in [0.15, 0.2) is 5.78 Å². The van der Waals surface area contributed by atoms with Crippen molar-refractivity contribution in [2.45, 2.75) is 25.5 Å². The fourth-order valence-electron chi connectivity index (χ4n) is 1.67. The summed E-state index contributed by atoms with van der Waals surface area (Å²) < 4.78 is 0. The number of carbonyl (C=O) groups excluding carboxylic acids is 1. The van der Waals surface area contributed by atoms with Crippen LogP contribution in [-0.2, 0) is 0 Å². The molecule has 1 heterocycles. The minimum atomic E-state index is 0.200. The van der Waals surface area contributed by atoms with E-state index < -0.39 is 0 Å². The van der Waals surface area contributed by atoms with Gasteiger partial charge in [-0.2, -0.15) is 11.8 Å². The van der Waals surface area contributed by atoms with Gasteiger partial charge in [0.1, 0.15) is 0 Å². The maximum Gasteiger partial charge on any atom is 0.172 e. The summed E-state index contributed by atoms with van der Waals surface area (Å²) >= 11 is 1.72. The Morgan fingerprint density at radius 1 is 1.39 bits per heavy atom. The van der Waals surface area contributed by atoms with E-state index in [1.807, 2.05) is 30.3 Å². The van der Waals surface area contributed by atoms with Gasteiger partial charge in [0.05, 0.1) is 11.3 Å². The Morgan fingerprint density at radius 3 is 3.00 bits per heavy atom. The van der Waals surface area contributed by atoms with Crippen molar-refractivity contribution in [3.05, 3.63) is 42.1 Å². The number of aromatic nitrogens is 1. The summed E-state index contributed by atoms with van der Waals surface area (Å²) in [7, 11) is 0. The van der Waals surface area contributed by atoms with E-state index in [0.29, 0.717) is 11.0 Å². The van der Waals surface area contributed by atoms with E-state index in [4.69, 9.17) is 0 Å². The van der Waals surface area contributed by atoms with Gasteiger partial charge in [0.2, 0.25) is 0 Å². The van der Waals surface area contributed by atoms with Crippen molar-refractivity contribution in [2.24, 2.45) is 0 Å². The van der Waals surface area contributed by atoms with Gasteiger partial charge < -0.3 is 0 Å². The molecule has 18 heavy (non-hydrogen) atoms. The maximum absolute atomic E-state index is 12.1.